The first-order chi connectivity index (χ1) is 15.5. The number of carbonyl (C=O) groups excluding carboxylic acids is 1. The maximum absolute atomic E-state index is 13.3. The van der Waals surface area contributed by atoms with E-state index in [1.807, 2.05) is 19.1 Å². The summed E-state index contributed by atoms with van der Waals surface area (Å²) in [7, 11) is 0. The number of thiocarbonyl (C=S) groups is 1. The zero-order valence-corrected chi connectivity index (χ0v) is 20.8. The van der Waals surface area contributed by atoms with Gasteiger partial charge in [0.15, 0.2) is 0 Å². The van der Waals surface area contributed by atoms with Crippen LogP contribution in [0.1, 0.15) is 69.9 Å². The highest BCUT2D eigenvalue weighted by molar-refractivity contribution is 8.26. The number of fused-ring (bicyclic) bond motifs is 1. The van der Waals surface area contributed by atoms with Crippen molar-refractivity contribution in [3.8, 4) is 0 Å². The number of hydrogen-bond acceptors (Lipinski definition) is 6. The number of unbranched alkanes of at least 4 members (excludes halogenated alkanes) is 5. The molecule has 1 aliphatic heterocycles. The molecule has 0 atom stereocenters. The molecule has 0 saturated carbocycles. The van der Waals surface area contributed by atoms with Crippen LogP contribution >= 0.6 is 24.0 Å². The minimum Gasteiger partial charge on any atom is -0.369 e. The van der Waals surface area contributed by atoms with E-state index < -0.39 is 0 Å². The van der Waals surface area contributed by atoms with Gasteiger partial charge in [-0.25, -0.2) is 4.98 Å². The first kappa shape index (κ1) is 24.5. The van der Waals surface area contributed by atoms with Gasteiger partial charge in [0, 0.05) is 19.3 Å². The molecule has 32 heavy (non-hydrogen) atoms. The van der Waals surface area contributed by atoms with Crippen molar-refractivity contribution in [2.75, 3.05) is 18.4 Å². The second-order valence-electron chi connectivity index (χ2n) is 8.14. The zero-order chi connectivity index (χ0) is 23.1. The second kappa shape index (κ2) is 11.6. The van der Waals surface area contributed by atoms with E-state index >= 15 is 0 Å². The van der Waals surface area contributed by atoms with Crippen molar-refractivity contribution in [2.45, 2.75) is 65.7 Å². The number of aromatic nitrogens is 2. The average Bonchev–Trinajstić information content (AvgIpc) is 3.04. The fourth-order valence-corrected chi connectivity index (χ4v) is 4.93. The highest BCUT2D eigenvalue weighted by atomic mass is 32.2. The molecular formula is C24H32N4O2S2. The molecule has 1 N–H and O–H groups in total. The summed E-state index contributed by atoms with van der Waals surface area (Å²) in [5, 5.41) is 3.24. The molecule has 0 unspecified atom stereocenters. The van der Waals surface area contributed by atoms with Gasteiger partial charge in [0.1, 0.15) is 15.8 Å². The second-order valence-corrected chi connectivity index (χ2v) is 9.82. The van der Waals surface area contributed by atoms with Gasteiger partial charge in [-0.1, -0.05) is 76.0 Å². The Kier molecular flexibility index (Phi) is 8.87. The third-order valence-corrected chi connectivity index (χ3v) is 6.81. The molecule has 8 heteroatoms. The largest absolute Gasteiger partial charge is 0.369 e. The number of thioether (sulfide) groups is 1. The SMILES string of the molecule is CCCCCCCCN1C(=O)/C(=C/c2c(NCCC)nc3ccc(C)cn3c2=O)SC1=S. The Morgan fingerprint density at radius 1 is 1.09 bits per heavy atom. The van der Waals surface area contributed by atoms with Crippen molar-refractivity contribution >= 4 is 51.7 Å². The van der Waals surface area contributed by atoms with E-state index in [0.717, 1.165) is 24.8 Å². The van der Waals surface area contributed by atoms with Crippen molar-refractivity contribution < 1.29 is 4.79 Å². The first-order valence-electron chi connectivity index (χ1n) is 11.5. The molecule has 1 fully saturated rings. The lowest BCUT2D eigenvalue weighted by Gasteiger charge is -2.14. The molecule has 1 saturated heterocycles. The van der Waals surface area contributed by atoms with Crippen molar-refractivity contribution in [1.82, 2.24) is 14.3 Å². The van der Waals surface area contributed by atoms with E-state index in [1.165, 1.54) is 41.8 Å². The minimum atomic E-state index is -0.196. The Labute approximate surface area is 199 Å². The van der Waals surface area contributed by atoms with Gasteiger partial charge >= 0.3 is 0 Å². The zero-order valence-electron chi connectivity index (χ0n) is 19.1. The maximum atomic E-state index is 13.3. The third-order valence-electron chi connectivity index (χ3n) is 5.43. The Hall–Kier alpha value is -2.19. The molecule has 1 aliphatic rings. The molecule has 2 aromatic rings. The summed E-state index contributed by atoms with van der Waals surface area (Å²) in [5.41, 5.74) is 1.74. The van der Waals surface area contributed by atoms with E-state index in [0.29, 0.717) is 39.3 Å². The highest BCUT2D eigenvalue weighted by Crippen LogP contribution is 2.33. The van der Waals surface area contributed by atoms with Gasteiger partial charge < -0.3 is 5.32 Å². The fourth-order valence-electron chi connectivity index (χ4n) is 3.64. The summed E-state index contributed by atoms with van der Waals surface area (Å²) in [5.74, 6) is 0.380. The normalized spacial score (nSPS) is 15.3. The first-order valence-corrected chi connectivity index (χ1v) is 12.7. The van der Waals surface area contributed by atoms with Crippen LogP contribution in [-0.4, -0.2) is 37.6 Å². The van der Waals surface area contributed by atoms with Gasteiger partial charge in [-0.3, -0.25) is 18.9 Å². The lowest BCUT2D eigenvalue weighted by atomic mass is 10.1. The number of anilines is 1. The molecule has 6 nitrogen and oxygen atoms in total. The third kappa shape index (κ3) is 5.78. The average molecular weight is 473 g/mol. The molecule has 3 heterocycles. The Morgan fingerprint density at radius 3 is 2.59 bits per heavy atom. The maximum Gasteiger partial charge on any atom is 0.267 e. The number of aryl methyl sites for hydroxylation is 1. The predicted octanol–water partition coefficient (Wildman–Crippen LogP) is 5.39. The van der Waals surface area contributed by atoms with Crippen LogP contribution in [0.15, 0.2) is 28.0 Å². The Bertz CT molecular complexity index is 1080. The van der Waals surface area contributed by atoms with Crippen molar-refractivity contribution in [2.24, 2.45) is 0 Å². The fraction of sp³-hybridized carbons (Fsp3) is 0.500. The monoisotopic (exact) mass is 472 g/mol. The summed E-state index contributed by atoms with van der Waals surface area (Å²) in [6, 6.07) is 3.76. The van der Waals surface area contributed by atoms with Crippen LogP contribution in [0.3, 0.4) is 0 Å². The van der Waals surface area contributed by atoms with Crippen LogP contribution in [0.4, 0.5) is 5.82 Å². The summed E-state index contributed by atoms with van der Waals surface area (Å²) in [6.07, 6.45) is 11.3. The molecular weight excluding hydrogens is 440 g/mol. The van der Waals surface area contributed by atoms with Gasteiger partial charge in [-0.15, -0.1) is 0 Å². The summed E-state index contributed by atoms with van der Waals surface area (Å²) in [6.45, 7) is 7.50. The molecule has 1 amide bonds. The van der Waals surface area contributed by atoms with Gasteiger partial charge in [0.2, 0.25) is 0 Å². The van der Waals surface area contributed by atoms with E-state index in [4.69, 9.17) is 12.2 Å². The van der Waals surface area contributed by atoms with Gasteiger partial charge in [0.25, 0.3) is 11.5 Å². The predicted molar refractivity (Wildman–Crippen MR) is 138 cm³/mol. The molecule has 0 radical (unpaired) electrons. The Morgan fingerprint density at radius 2 is 1.84 bits per heavy atom. The van der Waals surface area contributed by atoms with Crippen LogP contribution in [-0.2, 0) is 4.79 Å². The van der Waals surface area contributed by atoms with Crippen molar-refractivity contribution in [1.29, 1.82) is 0 Å². The quantitative estimate of drug-likeness (QED) is 0.269. The number of carbonyl (C=O) groups is 1. The number of nitrogens with one attached hydrogen (secondary N) is 1. The van der Waals surface area contributed by atoms with E-state index in [9.17, 15) is 9.59 Å². The number of rotatable bonds is 11. The van der Waals surface area contributed by atoms with Crippen LogP contribution in [0.2, 0.25) is 0 Å². The molecule has 0 bridgehead atoms. The summed E-state index contributed by atoms with van der Waals surface area (Å²) in [4.78, 5) is 33.1. The van der Waals surface area contributed by atoms with E-state index in [2.05, 4.69) is 24.1 Å². The van der Waals surface area contributed by atoms with Crippen LogP contribution in [0.25, 0.3) is 11.7 Å². The smallest absolute Gasteiger partial charge is 0.267 e. The molecule has 3 rings (SSSR count). The van der Waals surface area contributed by atoms with Crippen molar-refractivity contribution in [3.05, 3.63) is 44.7 Å². The highest BCUT2D eigenvalue weighted by Gasteiger charge is 2.32. The van der Waals surface area contributed by atoms with Gasteiger partial charge in [-0.05, 0) is 37.5 Å². The summed E-state index contributed by atoms with van der Waals surface area (Å²) >= 11 is 6.74. The number of amides is 1. The molecule has 172 valence electrons. The Balaban J connectivity index is 1.85. The van der Waals surface area contributed by atoms with Gasteiger partial charge in [-0.2, -0.15) is 0 Å². The lowest BCUT2D eigenvalue weighted by molar-refractivity contribution is -0.122. The lowest BCUT2D eigenvalue weighted by Crippen LogP contribution is -2.29. The topological polar surface area (TPSA) is 66.7 Å². The number of nitrogens with zero attached hydrogens (tertiary/aromatic N) is 3. The molecule has 0 aliphatic carbocycles. The van der Waals surface area contributed by atoms with E-state index in [1.54, 1.807) is 17.2 Å². The molecule has 0 spiro atoms. The van der Waals surface area contributed by atoms with Gasteiger partial charge in [0.05, 0.1) is 10.5 Å². The number of hydrogen-bond donors (Lipinski definition) is 1. The van der Waals surface area contributed by atoms with Crippen molar-refractivity contribution in [3.63, 3.8) is 0 Å². The molecule has 0 aromatic carbocycles. The standard InChI is InChI=1S/C24H32N4O2S2/c1-4-6-7-8-9-10-14-27-23(30)19(32-24(27)31)15-18-21(25-13-5-2)26-20-12-11-17(3)16-28(20)22(18)29/h11-12,15-16,25H,4-10,13-14H2,1-3H3/b19-15-. The molecule has 2 aromatic heterocycles. The summed E-state index contributed by atoms with van der Waals surface area (Å²) < 4.78 is 2.09. The van der Waals surface area contributed by atoms with Crippen LogP contribution in [0, 0.1) is 6.92 Å². The minimum absolute atomic E-state index is 0.122. The van der Waals surface area contributed by atoms with Crippen LogP contribution in [0.5, 0.6) is 0 Å². The van der Waals surface area contributed by atoms with E-state index in [-0.39, 0.29) is 11.5 Å². The van der Waals surface area contributed by atoms with Crippen LogP contribution < -0.4 is 10.9 Å². The number of pyridine rings is 1.